The third-order valence-electron chi connectivity index (χ3n) is 2.27. The van der Waals surface area contributed by atoms with Crippen LogP contribution in [0.2, 0.25) is 5.02 Å². The smallest absolute Gasteiger partial charge is 0.337 e. The number of hydrogen-bond donors (Lipinski definition) is 1. The molecule has 0 atom stereocenters. The third-order valence-corrected chi connectivity index (χ3v) is 3.44. The van der Waals surface area contributed by atoms with Crippen molar-refractivity contribution in [2.75, 3.05) is 0 Å². The van der Waals surface area contributed by atoms with E-state index in [0.29, 0.717) is 4.88 Å². The number of carbonyl (C=O) groups excluding carboxylic acids is 1. The van der Waals surface area contributed by atoms with Gasteiger partial charge in [-0.25, -0.2) is 4.79 Å². The molecule has 1 heterocycles. The van der Waals surface area contributed by atoms with Crippen molar-refractivity contribution in [3.63, 3.8) is 0 Å². The lowest BCUT2D eigenvalue weighted by molar-refractivity contribution is 0.0697. The molecule has 1 aromatic heterocycles. The zero-order valence-electron chi connectivity index (χ0n) is 8.51. The van der Waals surface area contributed by atoms with Crippen LogP contribution in [0, 0.1) is 0 Å². The van der Waals surface area contributed by atoms with E-state index in [1.807, 2.05) is 5.38 Å². The van der Waals surface area contributed by atoms with Crippen LogP contribution in [-0.4, -0.2) is 17.4 Å². The van der Waals surface area contributed by atoms with Gasteiger partial charge in [-0.1, -0.05) is 17.7 Å². The molecular weight excluding hydrogens is 260 g/mol. The molecule has 2 aromatic rings. The van der Waals surface area contributed by atoms with Crippen molar-refractivity contribution in [2.24, 2.45) is 0 Å². The monoisotopic (exact) mass is 266 g/mol. The Labute approximate surface area is 106 Å². The van der Waals surface area contributed by atoms with Gasteiger partial charge in [-0.15, -0.1) is 11.3 Å². The molecule has 0 spiro atoms. The molecule has 0 fully saturated rings. The van der Waals surface area contributed by atoms with Crippen molar-refractivity contribution in [3.8, 4) is 11.1 Å². The molecule has 0 saturated carbocycles. The topological polar surface area (TPSA) is 54.4 Å². The summed E-state index contributed by atoms with van der Waals surface area (Å²) in [5.74, 6) is -1.06. The summed E-state index contributed by atoms with van der Waals surface area (Å²) in [4.78, 5) is 22.0. The Balaban J connectivity index is 2.43. The number of rotatable bonds is 3. The fourth-order valence-corrected chi connectivity index (χ4v) is 2.41. The van der Waals surface area contributed by atoms with Crippen molar-refractivity contribution >= 4 is 35.2 Å². The molecule has 0 saturated heterocycles. The maximum Gasteiger partial charge on any atom is 0.337 e. The Morgan fingerprint density at radius 2 is 2.06 bits per heavy atom. The standard InChI is InChI=1S/C12H7ClO3S/c13-11-4-7(1-2-10(11)12(15)16)8-3-9(5-14)17-6-8/h1-6H,(H,15,16). The minimum Gasteiger partial charge on any atom is -0.478 e. The molecule has 5 heteroatoms. The molecule has 0 aliphatic rings. The highest BCUT2D eigenvalue weighted by Crippen LogP contribution is 2.28. The quantitative estimate of drug-likeness (QED) is 0.864. The van der Waals surface area contributed by atoms with Gasteiger partial charge in [-0.2, -0.15) is 0 Å². The number of thiophene rings is 1. The predicted octanol–water partition coefficient (Wildman–Crippen LogP) is 3.58. The van der Waals surface area contributed by atoms with Gasteiger partial charge >= 0.3 is 5.97 Å². The number of benzene rings is 1. The summed E-state index contributed by atoms with van der Waals surface area (Å²) in [5.41, 5.74) is 1.72. The summed E-state index contributed by atoms with van der Waals surface area (Å²) in [6.45, 7) is 0. The molecule has 2 rings (SSSR count). The molecule has 1 aromatic carbocycles. The fourth-order valence-electron chi connectivity index (χ4n) is 1.43. The van der Waals surface area contributed by atoms with E-state index in [9.17, 15) is 9.59 Å². The number of halogens is 1. The minimum absolute atomic E-state index is 0.0706. The van der Waals surface area contributed by atoms with Crippen LogP contribution >= 0.6 is 22.9 Å². The molecule has 0 aliphatic carbocycles. The molecule has 3 nitrogen and oxygen atoms in total. The van der Waals surface area contributed by atoms with E-state index in [0.717, 1.165) is 17.4 Å². The summed E-state index contributed by atoms with van der Waals surface area (Å²) in [6.07, 6.45) is 0.779. The Morgan fingerprint density at radius 3 is 2.59 bits per heavy atom. The highest BCUT2D eigenvalue weighted by molar-refractivity contribution is 7.12. The van der Waals surface area contributed by atoms with Crippen molar-refractivity contribution in [3.05, 3.63) is 45.1 Å². The number of aldehydes is 1. The normalized spacial score (nSPS) is 10.2. The predicted molar refractivity (Wildman–Crippen MR) is 67.1 cm³/mol. The third kappa shape index (κ3) is 2.38. The molecule has 0 aliphatic heterocycles. The van der Waals surface area contributed by atoms with Crippen LogP contribution in [0.4, 0.5) is 0 Å². The highest BCUT2D eigenvalue weighted by atomic mass is 35.5. The van der Waals surface area contributed by atoms with Crippen molar-refractivity contribution in [1.82, 2.24) is 0 Å². The van der Waals surface area contributed by atoms with Gasteiger partial charge in [0.05, 0.1) is 15.5 Å². The van der Waals surface area contributed by atoms with E-state index in [2.05, 4.69) is 0 Å². The lowest BCUT2D eigenvalue weighted by Gasteiger charge is -2.02. The van der Waals surface area contributed by atoms with E-state index >= 15 is 0 Å². The Hall–Kier alpha value is -1.65. The Kier molecular flexibility index (Phi) is 3.26. The van der Waals surface area contributed by atoms with Gasteiger partial charge in [0.1, 0.15) is 0 Å². The van der Waals surface area contributed by atoms with Crippen molar-refractivity contribution in [1.29, 1.82) is 0 Å². The number of hydrogen-bond acceptors (Lipinski definition) is 3. The van der Waals surface area contributed by atoms with Gasteiger partial charge in [0.25, 0.3) is 0 Å². The van der Waals surface area contributed by atoms with Gasteiger partial charge in [-0.3, -0.25) is 4.79 Å². The van der Waals surface area contributed by atoms with Gasteiger partial charge in [0.15, 0.2) is 6.29 Å². The van der Waals surface area contributed by atoms with Crippen LogP contribution in [0.25, 0.3) is 11.1 Å². The van der Waals surface area contributed by atoms with Gasteiger partial charge in [0.2, 0.25) is 0 Å². The zero-order chi connectivity index (χ0) is 12.4. The van der Waals surface area contributed by atoms with Crippen LogP contribution in [0.15, 0.2) is 29.6 Å². The number of aromatic carboxylic acids is 1. The van der Waals surface area contributed by atoms with Crippen LogP contribution < -0.4 is 0 Å². The summed E-state index contributed by atoms with van der Waals surface area (Å²) in [5, 5.41) is 10.9. The maximum absolute atomic E-state index is 10.8. The summed E-state index contributed by atoms with van der Waals surface area (Å²) < 4.78 is 0. The first-order valence-electron chi connectivity index (χ1n) is 4.68. The SMILES string of the molecule is O=Cc1cc(-c2ccc(C(=O)O)c(Cl)c2)cs1. The van der Waals surface area contributed by atoms with E-state index in [1.54, 1.807) is 18.2 Å². The summed E-state index contributed by atoms with van der Waals surface area (Å²) in [6, 6.07) is 6.45. The average Bonchev–Trinajstić information content (AvgIpc) is 2.76. The van der Waals surface area contributed by atoms with E-state index < -0.39 is 5.97 Å². The largest absolute Gasteiger partial charge is 0.478 e. The first kappa shape index (κ1) is 11.8. The van der Waals surface area contributed by atoms with Crippen LogP contribution in [0.3, 0.4) is 0 Å². The minimum atomic E-state index is -1.06. The van der Waals surface area contributed by atoms with Gasteiger partial charge in [0, 0.05) is 0 Å². The highest BCUT2D eigenvalue weighted by Gasteiger charge is 2.10. The maximum atomic E-state index is 10.8. The summed E-state index contributed by atoms with van der Waals surface area (Å²) >= 11 is 7.20. The molecule has 86 valence electrons. The van der Waals surface area contributed by atoms with E-state index in [-0.39, 0.29) is 10.6 Å². The number of carboxylic acids is 1. The molecular formula is C12H7ClO3S. The molecule has 17 heavy (non-hydrogen) atoms. The Bertz CT molecular complexity index is 589. The van der Waals surface area contributed by atoms with Crippen molar-refractivity contribution in [2.45, 2.75) is 0 Å². The zero-order valence-corrected chi connectivity index (χ0v) is 10.1. The molecule has 0 amide bonds. The second-order valence-electron chi connectivity index (χ2n) is 3.36. The molecule has 0 bridgehead atoms. The lowest BCUT2D eigenvalue weighted by Crippen LogP contribution is -1.96. The Morgan fingerprint density at radius 1 is 1.29 bits per heavy atom. The van der Waals surface area contributed by atoms with E-state index in [1.165, 1.54) is 17.4 Å². The average molecular weight is 267 g/mol. The van der Waals surface area contributed by atoms with Crippen LogP contribution in [0.1, 0.15) is 20.0 Å². The van der Waals surface area contributed by atoms with Crippen LogP contribution in [-0.2, 0) is 0 Å². The number of carbonyl (C=O) groups is 2. The second-order valence-corrected chi connectivity index (χ2v) is 4.71. The van der Waals surface area contributed by atoms with Gasteiger partial charge < -0.3 is 5.11 Å². The lowest BCUT2D eigenvalue weighted by atomic mass is 10.1. The van der Waals surface area contributed by atoms with Crippen molar-refractivity contribution < 1.29 is 14.7 Å². The first-order chi connectivity index (χ1) is 8.11. The first-order valence-corrected chi connectivity index (χ1v) is 5.94. The van der Waals surface area contributed by atoms with Crippen LogP contribution in [0.5, 0.6) is 0 Å². The molecule has 1 N–H and O–H groups in total. The molecule has 0 unspecified atom stereocenters. The molecule has 0 radical (unpaired) electrons. The summed E-state index contributed by atoms with van der Waals surface area (Å²) in [7, 11) is 0. The number of carboxylic acid groups (broad SMARTS) is 1. The van der Waals surface area contributed by atoms with E-state index in [4.69, 9.17) is 16.7 Å². The second kappa shape index (κ2) is 4.69. The fraction of sp³-hybridized carbons (Fsp3) is 0. The van der Waals surface area contributed by atoms with Gasteiger partial charge in [-0.05, 0) is 34.7 Å².